The van der Waals surface area contributed by atoms with Crippen molar-refractivity contribution in [3.8, 4) is 0 Å². The van der Waals surface area contributed by atoms with Crippen molar-refractivity contribution in [2.75, 3.05) is 6.54 Å². The van der Waals surface area contributed by atoms with E-state index in [2.05, 4.69) is 0 Å². The molecule has 0 aliphatic carbocycles. The van der Waals surface area contributed by atoms with E-state index in [1.165, 1.54) is 0 Å². The summed E-state index contributed by atoms with van der Waals surface area (Å²) in [5, 5.41) is 12.9. The summed E-state index contributed by atoms with van der Waals surface area (Å²) in [6, 6.07) is 7.65. The highest BCUT2D eigenvalue weighted by Crippen LogP contribution is 2.12. The van der Waals surface area contributed by atoms with Crippen molar-refractivity contribution < 1.29 is 15.2 Å². The van der Waals surface area contributed by atoms with Gasteiger partial charge < -0.3 is 15.2 Å². The van der Waals surface area contributed by atoms with Gasteiger partial charge in [-0.15, -0.1) is 0 Å². The quantitative estimate of drug-likeness (QED) is 0.692. The van der Waals surface area contributed by atoms with Crippen molar-refractivity contribution in [2.45, 2.75) is 19.4 Å². The lowest BCUT2D eigenvalue weighted by Gasteiger charge is -2.04. The van der Waals surface area contributed by atoms with E-state index in [4.69, 9.17) is 11.6 Å². The van der Waals surface area contributed by atoms with Crippen molar-refractivity contribution in [2.24, 2.45) is 0 Å². The maximum atomic E-state index is 10.1. The van der Waals surface area contributed by atoms with Crippen LogP contribution in [0, 0.1) is 0 Å². The third-order valence-electron chi connectivity index (χ3n) is 2.11. The van der Waals surface area contributed by atoms with Gasteiger partial charge in [-0.1, -0.05) is 29.8 Å². The second kappa shape index (κ2) is 6.43. The van der Waals surface area contributed by atoms with Gasteiger partial charge in [0.15, 0.2) is 0 Å². The molecule has 1 rings (SSSR count). The predicted octanol–water partition coefficient (Wildman–Crippen LogP) is -0.0665. The van der Waals surface area contributed by atoms with Gasteiger partial charge in [0.25, 0.3) is 0 Å². The van der Waals surface area contributed by atoms with Gasteiger partial charge in [0.1, 0.15) is 6.54 Å². The lowest BCUT2D eigenvalue weighted by Crippen LogP contribution is -2.82. The molecule has 15 heavy (non-hydrogen) atoms. The summed E-state index contributed by atoms with van der Waals surface area (Å²) in [5.74, 6) is -0.985. The van der Waals surface area contributed by atoms with Crippen molar-refractivity contribution in [3.05, 3.63) is 34.9 Å². The lowest BCUT2D eigenvalue weighted by atomic mass is 10.2. The molecule has 0 saturated heterocycles. The number of halogens is 1. The molecule has 0 spiro atoms. The van der Waals surface area contributed by atoms with Crippen molar-refractivity contribution >= 4 is 17.6 Å². The summed E-state index contributed by atoms with van der Waals surface area (Å²) >= 11 is 5.96. The molecule has 4 heteroatoms. The second-order valence-electron chi connectivity index (χ2n) is 3.35. The van der Waals surface area contributed by atoms with E-state index in [1.54, 1.807) is 0 Å². The standard InChI is InChI=1S/C11H14ClNO2/c12-10-5-2-1-4-9(10)8-13-7-3-6-11(14)15/h1-2,4-5,13H,3,6-8H2,(H,14,15). The molecular weight excluding hydrogens is 214 g/mol. The molecule has 3 nitrogen and oxygen atoms in total. The lowest BCUT2D eigenvalue weighted by molar-refractivity contribution is -0.670. The first-order chi connectivity index (χ1) is 7.20. The maximum Gasteiger partial charge on any atom is 0.103 e. The number of carboxylic acids is 1. The Morgan fingerprint density at radius 2 is 2.13 bits per heavy atom. The van der Waals surface area contributed by atoms with E-state index in [-0.39, 0.29) is 6.42 Å². The molecule has 0 aliphatic rings. The summed E-state index contributed by atoms with van der Waals surface area (Å²) in [5.41, 5.74) is 1.08. The monoisotopic (exact) mass is 227 g/mol. The van der Waals surface area contributed by atoms with Gasteiger partial charge in [0.2, 0.25) is 0 Å². The fourth-order valence-corrected chi connectivity index (χ4v) is 1.53. The van der Waals surface area contributed by atoms with Crippen LogP contribution in [0.1, 0.15) is 18.4 Å². The van der Waals surface area contributed by atoms with Gasteiger partial charge in [-0.05, 0) is 12.5 Å². The molecular formula is C11H14ClNO2. The molecule has 1 aromatic rings. The minimum absolute atomic E-state index is 0.124. The second-order valence-corrected chi connectivity index (χ2v) is 3.76. The van der Waals surface area contributed by atoms with Gasteiger partial charge >= 0.3 is 0 Å². The van der Waals surface area contributed by atoms with Crippen LogP contribution in [0.2, 0.25) is 5.02 Å². The van der Waals surface area contributed by atoms with Gasteiger partial charge in [0.05, 0.1) is 6.54 Å². The average molecular weight is 228 g/mol. The number of nitrogens with two attached hydrogens (primary N) is 1. The van der Waals surface area contributed by atoms with Crippen LogP contribution in [-0.2, 0) is 11.3 Å². The highest BCUT2D eigenvalue weighted by Gasteiger charge is 2.00. The molecule has 0 aliphatic heterocycles. The number of carboxylic acid groups (broad SMARTS) is 1. The molecule has 1 aromatic carbocycles. The van der Waals surface area contributed by atoms with Crippen molar-refractivity contribution in [1.82, 2.24) is 0 Å². The molecule has 2 N–H and O–H groups in total. The van der Waals surface area contributed by atoms with E-state index in [9.17, 15) is 9.90 Å². The normalized spacial score (nSPS) is 10.2. The number of hydrogen-bond donors (Lipinski definition) is 1. The van der Waals surface area contributed by atoms with Gasteiger partial charge in [-0.25, -0.2) is 0 Å². The maximum absolute atomic E-state index is 10.1. The fraction of sp³-hybridized carbons (Fsp3) is 0.364. The Balaban J connectivity index is 2.21. The van der Waals surface area contributed by atoms with E-state index in [1.807, 2.05) is 29.6 Å². The Hall–Kier alpha value is -1.06. The zero-order chi connectivity index (χ0) is 11.1. The highest BCUT2D eigenvalue weighted by atomic mass is 35.5. The largest absolute Gasteiger partial charge is 0.550 e. The molecule has 0 atom stereocenters. The Morgan fingerprint density at radius 3 is 2.80 bits per heavy atom. The fourth-order valence-electron chi connectivity index (χ4n) is 1.31. The van der Waals surface area contributed by atoms with Crippen LogP contribution in [0.25, 0.3) is 0 Å². The Labute approximate surface area is 94.1 Å². The van der Waals surface area contributed by atoms with Crippen LogP contribution >= 0.6 is 11.6 Å². The summed E-state index contributed by atoms with van der Waals surface area (Å²) in [7, 11) is 0. The number of aliphatic carboxylic acids is 1. The number of hydrogen-bond acceptors (Lipinski definition) is 2. The summed E-state index contributed by atoms with van der Waals surface area (Å²) in [6.45, 7) is 1.56. The third kappa shape index (κ3) is 4.81. The Bertz CT molecular complexity index is 328. The Kier molecular flexibility index (Phi) is 5.15. The Morgan fingerprint density at radius 1 is 1.40 bits per heavy atom. The molecule has 0 unspecified atom stereocenters. The van der Waals surface area contributed by atoms with Gasteiger partial charge in [-0.2, -0.15) is 0 Å². The van der Waals surface area contributed by atoms with E-state index in [0.29, 0.717) is 6.42 Å². The minimum Gasteiger partial charge on any atom is -0.550 e. The first-order valence-corrected chi connectivity index (χ1v) is 5.33. The first kappa shape index (κ1) is 12.0. The van der Waals surface area contributed by atoms with Crippen LogP contribution in [0.4, 0.5) is 0 Å². The van der Waals surface area contributed by atoms with Gasteiger partial charge in [-0.3, -0.25) is 0 Å². The molecule has 0 radical (unpaired) electrons. The molecule has 0 heterocycles. The molecule has 0 amide bonds. The van der Waals surface area contributed by atoms with Crippen LogP contribution < -0.4 is 10.4 Å². The summed E-state index contributed by atoms with van der Waals surface area (Å²) in [6.07, 6.45) is 0.756. The molecule has 0 saturated carbocycles. The number of rotatable bonds is 6. The van der Waals surface area contributed by atoms with Crippen LogP contribution in [0.3, 0.4) is 0 Å². The topological polar surface area (TPSA) is 56.7 Å². The molecule has 82 valence electrons. The van der Waals surface area contributed by atoms with E-state index >= 15 is 0 Å². The zero-order valence-corrected chi connectivity index (χ0v) is 9.17. The zero-order valence-electron chi connectivity index (χ0n) is 8.41. The van der Waals surface area contributed by atoms with E-state index < -0.39 is 5.97 Å². The summed E-state index contributed by atoms with van der Waals surface area (Å²) < 4.78 is 0. The van der Waals surface area contributed by atoms with Crippen LogP contribution in [-0.4, -0.2) is 12.5 Å². The first-order valence-electron chi connectivity index (χ1n) is 4.95. The van der Waals surface area contributed by atoms with E-state index in [0.717, 1.165) is 23.7 Å². The molecule has 0 bridgehead atoms. The molecule has 0 aromatic heterocycles. The minimum atomic E-state index is -0.985. The van der Waals surface area contributed by atoms with Crippen LogP contribution in [0.15, 0.2) is 24.3 Å². The average Bonchev–Trinajstić information content (AvgIpc) is 2.20. The van der Waals surface area contributed by atoms with Gasteiger partial charge in [0, 0.05) is 23.0 Å². The number of quaternary nitrogens is 1. The predicted molar refractivity (Wildman–Crippen MR) is 56.2 cm³/mol. The highest BCUT2D eigenvalue weighted by molar-refractivity contribution is 6.31. The summed E-state index contributed by atoms with van der Waals surface area (Å²) in [4.78, 5) is 10.1. The number of carbonyl (C=O) groups excluding carboxylic acids is 1. The smallest absolute Gasteiger partial charge is 0.103 e. The third-order valence-corrected chi connectivity index (χ3v) is 2.48. The number of carbonyl (C=O) groups is 1. The van der Waals surface area contributed by atoms with Crippen molar-refractivity contribution in [3.63, 3.8) is 0 Å². The number of benzene rings is 1. The SMILES string of the molecule is O=C([O-])CCC[NH2+]Cc1ccccc1Cl. The van der Waals surface area contributed by atoms with Crippen LogP contribution in [0.5, 0.6) is 0 Å². The van der Waals surface area contributed by atoms with Crippen molar-refractivity contribution in [1.29, 1.82) is 0 Å². The molecule has 0 fully saturated rings.